The number of hydrogen-bond acceptors (Lipinski definition) is 2. The van der Waals surface area contributed by atoms with Crippen LogP contribution in [0, 0.1) is 0 Å². The first-order valence-electron chi connectivity index (χ1n) is 8.53. The summed E-state index contributed by atoms with van der Waals surface area (Å²) in [6, 6.07) is 24.9. The number of nitrogens with one attached hydrogen (secondary N) is 1. The van der Waals surface area contributed by atoms with Gasteiger partial charge in [0, 0.05) is 12.2 Å². The lowest BCUT2D eigenvalue weighted by atomic mass is 10.1. The van der Waals surface area contributed by atoms with Crippen LogP contribution in [0.1, 0.15) is 23.6 Å². The normalized spacial score (nSPS) is 10.5. The Labute approximate surface area is 158 Å². The van der Waals surface area contributed by atoms with Crippen LogP contribution in [0.2, 0.25) is 0 Å². The summed E-state index contributed by atoms with van der Waals surface area (Å²) in [5, 5.41) is 3.52. The van der Waals surface area contributed by atoms with Crippen molar-refractivity contribution >= 4 is 21.6 Å². The fourth-order valence-corrected chi connectivity index (χ4v) is 3.25. The molecule has 2 nitrogen and oxygen atoms in total. The van der Waals surface area contributed by atoms with Crippen LogP contribution >= 0.6 is 15.9 Å². The van der Waals surface area contributed by atoms with Crippen LogP contribution in [0.25, 0.3) is 0 Å². The zero-order valence-electron chi connectivity index (χ0n) is 14.3. The second-order valence-corrected chi connectivity index (χ2v) is 6.76. The first kappa shape index (κ1) is 17.6. The predicted molar refractivity (Wildman–Crippen MR) is 108 cm³/mol. The highest BCUT2D eigenvalue weighted by Crippen LogP contribution is 2.27. The molecule has 0 heterocycles. The Morgan fingerprint density at radius 3 is 2.40 bits per heavy atom. The largest absolute Gasteiger partial charge is 0.488 e. The topological polar surface area (TPSA) is 21.3 Å². The fourth-order valence-electron chi connectivity index (χ4n) is 2.71. The van der Waals surface area contributed by atoms with E-state index in [4.69, 9.17) is 4.74 Å². The van der Waals surface area contributed by atoms with Crippen molar-refractivity contribution < 1.29 is 4.74 Å². The van der Waals surface area contributed by atoms with Gasteiger partial charge in [0.05, 0.1) is 4.47 Å². The molecule has 1 N–H and O–H groups in total. The summed E-state index contributed by atoms with van der Waals surface area (Å²) in [6.07, 6.45) is 1.03. The Hall–Kier alpha value is -2.26. The molecular formula is C22H22BrNO. The predicted octanol–water partition coefficient (Wildman–Crippen LogP) is 6.20. The van der Waals surface area contributed by atoms with Gasteiger partial charge in [-0.1, -0.05) is 61.5 Å². The van der Waals surface area contributed by atoms with Gasteiger partial charge in [-0.3, -0.25) is 0 Å². The molecule has 0 saturated carbocycles. The van der Waals surface area contributed by atoms with Crippen LogP contribution < -0.4 is 10.1 Å². The maximum Gasteiger partial charge on any atom is 0.134 e. The number of halogens is 1. The lowest BCUT2D eigenvalue weighted by Crippen LogP contribution is -2.02. The number of aryl methyl sites for hydroxylation is 1. The quantitative estimate of drug-likeness (QED) is 0.513. The molecule has 0 aromatic heterocycles. The van der Waals surface area contributed by atoms with Gasteiger partial charge in [0.2, 0.25) is 0 Å². The molecule has 128 valence electrons. The van der Waals surface area contributed by atoms with Gasteiger partial charge in [-0.25, -0.2) is 0 Å². The first-order chi connectivity index (χ1) is 12.3. The molecule has 0 atom stereocenters. The Morgan fingerprint density at radius 1 is 0.880 bits per heavy atom. The highest BCUT2D eigenvalue weighted by atomic mass is 79.9. The Morgan fingerprint density at radius 2 is 1.64 bits per heavy atom. The minimum Gasteiger partial charge on any atom is -0.488 e. The summed E-state index contributed by atoms with van der Waals surface area (Å²) in [6.45, 7) is 3.53. The van der Waals surface area contributed by atoms with Gasteiger partial charge >= 0.3 is 0 Å². The molecule has 3 aromatic carbocycles. The molecule has 0 amide bonds. The van der Waals surface area contributed by atoms with Crippen molar-refractivity contribution in [2.75, 3.05) is 5.32 Å². The molecule has 0 aliphatic carbocycles. The fraction of sp³-hybridized carbons (Fsp3) is 0.182. The van der Waals surface area contributed by atoms with E-state index in [-0.39, 0.29) is 0 Å². The molecule has 0 radical (unpaired) electrons. The van der Waals surface area contributed by atoms with Crippen LogP contribution in [0.4, 0.5) is 5.69 Å². The van der Waals surface area contributed by atoms with E-state index in [0.29, 0.717) is 6.61 Å². The van der Waals surface area contributed by atoms with Crippen LogP contribution in [0.3, 0.4) is 0 Å². The third kappa shape index (κ3) is 4.86. The van der Waals surface area contributed by atoms with E-state index in [1.165, 1.54) is 16.8 Å². The number of ether oxygens (including phenoxy) is 1. The van der Waals surface area contributed by atoms with Crippen LogP contribution in [-0.4, -0.2) is 0 Å². The molecule has 0 unspecified atom stereocenters. The number of para-hydroxylation sites is 1. The van der Waals surface area contributed by atoms with Crippen molar-refractivity contribution in [2.24, 2.45) is 0 Å². The first-order valence-corrected chi connectivity index (χ1v) is 9.32. The molecule has 0 bridgehead atoms. The number of hydrogen-bond donors (Lipinski definition) is 1. The monoisotopic (exact) mass is 395 g/mol. The lowest BCUT2D eigenvalue weighted by Gasteiger charge is -2.13. The molecule has 0 spiro atoms. The number of anilines is 1. The van der Waals surface area contributed by atoms with E-state index in [0.717, 1.165) is 28.8 Å². The van der Waals surface area contributed by atoms with E-state index >= 15 is 0 Å². The van der Waals surface area contributed by atoms with Gasteiger partial charge in [0.15, 0.2) is 0 Å². The molecule has 0 aliphatic heterocycles. The number of benzene rings is 3. The zero-order valence-corrected chi connectivity index (χ0v) is 15.9. The van der Waals surface area contributed by atoms with Gasteiger partial charge in [-0.15, -0.1) is 0 Å². The minimum absolute atomic E-state index is 0.570. The molecule has 25 heavy (non-hydrogen) atoms. The minimum atomic E-state index is 0.570. The summed E-state index contributed by atoms with van der Waals surface area (Å²) >= 11 is 3.62. The second-order valence-electron chi connectivity index (χ2n) is 5.90. The average Bonchev–Trinajstić information content (AvgIpc) is 2.66. The standard InChI is InChI=1S/C22H22BrNO/c1-2-19-10-6-7-11-21(19)24-15-18-12-13-22(20(23)14-18)25-16-17-8-4-3-5-9-17/h3-14,24H,2,15-16H2,1H3. The second kappa shape index (κ2) is 8.72. The SMILES string of the molecule is CCc1ccccc1NCc1ccc(OCc2ccccc2)c(Br)c1. The molecule has 3 aromatic rings. The third-order valence-electron chi connectivity index (χ3n) is 4.11. The van der Waals surface area contributed by atoms with Gasteiger partial charge < -0.3 is 10.1 Å². The molecule has 0 saturated heterocycles. The average molecular weight is 396 g/mol. The van der Waals surface area contributed by atoms with Gasteiger partial charge in [-0.05, 0) is 57.2 Å². The Bertz CT molecular complexity index is 817. The smallest absolute Gasteiger partial charge is 0.134 e. The van der Waals surface area contributed by atoms with Crippen molar-refractivity contribution in [3.05, 3.63) is 94.0 Å². The summed E-state index contributed by atoms with van der Waals surface area (Å²) in [5.41, 5.74) is 4.91. The summed E-state index contributed by atoms with van der Waals surface area (Å²) in [4.78, 5) is 0. The van der Waals surface area contributed by atoms with Gasteiger partial charge in [-0.2, -0.15) is 0 Å². The van der Waals surface area contributed by atoms with E-state index in [9.17, 15) is 0 Å². The van der Waals surface area contributed by atoms with Crippen LogP contribution in [0.5, 0.6) is 5.75 Å². The van der Waals surface area contributed by atoms with E-state index < -0.39 is 0 Å². The highest BCUT2D eigenvalue weighted by molar-refractivity contribution is 9.10. The van der Waals surface area contributed by atoms with Crippen molar-refractivity contribution in [1.82, 2.24) is 0 Å². The lowest BCUT2D eigenvalue weighted by molar-refractivity contribution is 0.304. The summed E-state index contributed by atoms with van der Waals surface area (Å²) in [5.74, 6) is 0.863. The molecular weight excluding hydrogens is 374 g/mol. The van der Waals surface area contributed by atoms with Crippen molar-refractivity contribution in [3.63, 3.8) is 0 Å². The van der Waals surface area contributed by atoms with Crippen LogP contribution in [-0.2, 0) is 19.6 Å². The van der Waals surface area contributed by atoms with Crippen molar-refractivity contribution in [1.29, 1.82) is 0 Å². The molecule has 0 aliphatic rings. The maximum absolute atomic E-state index is 5.91. The van der Waals surface area contributed by atoms with Crippen LogP contribution in [0.15, 0.2) is 77.3 Å². The maximum atomic E-state index is 5.91. The third-order valence-corrected chi connectivity index (χ3v) is 4.73. The summed E-state index contributed by atoms with van der Waals surface area (Å²) in [7, 11) is 0. The number of rotatable bonds is 7. The van der Waals surface area contributed by atoms with Crippen molar-refractivity contribution in [3.8, 4) is 5.75 Å². The molecule has 3 heteroatoms. The van der Waals surface area contributed by atoms with E-state index in [1.54, 1.807) is 0 Å². The Kier molecular flexibility index (Phi) is 6.13. The zero-order chi connectivity index (χ0) is 17.5. The Balaban J connectivity index is 1.61. The van der Waals surface area contributed by atoms with Gasteiger partial charge in [0.1, 0.15) is 12.4 Å². The van der Waals surface area contributed by atoms with Crippen molar-refractivity contribution in [2.45, 2.75) is 26.5 Å². The molecule has 3 rings (SSSR count). The highest BCUT2D eigenvalue weighted by Gasteiger charge is 2.05. The van der Waals surface area contributed by atoms with Gasteiger partial charge in [0.25, 0.3) is 0 Å². The van der Waals surface area contributed by atoms with E-state index in [1.807, 2.05) is 24.3 Å². The summed E-state index contributed by atoms with van der Waals surface area (Å²) < 4.78 is 6.89. The van der Waals surface area contributed by atoms with E-state index in [2.05, 4.69) is 76.7 Å². The molecule has 0 fully saturated rings.